The van der Waals surface area contributed by atoms with Gasteiger partial charge in [0, 0.05) is 11.4 Å². The van der Waals surface area contributed by atoms with Crippen molar-refractivity contribution in [1.82, 2.24) is 15.2 Å². The topological polar surface area (TPSA) is 97.6 Å². The van der Waals surface area contributed by atoms with Gasteiger partial charge in [-0.05, 0) is 36.8 Å². The molecule has 1 aliphatic heterocycles. The smallest absolute Gasteiger partial charge is 0.256 e. The van der Waals surface area contributed by atoms with Crippen LogP contribution in [-0.2, 0) is 4.79 Å². The molecule has 2 N–H and O–H groups in total. The number of carbonyl (C=O) groups is 1. The predicted octanol–water partition coefficient (Wildman–Crippen LogP) is 4.23. The van der Waals surface area contributed by atoms with Crippen LogP contribution >= 0.6 is 34.7 Å². The van der Waals surface area contributed by atoms with Crippen LogP contribution in [0.2, 0.25) is 5.02 Å². The molecule has 0 saturated heterocycles. The standard InChI is InChI=1S/C18H16ClN5O2S2/c1-10(27-18-22-21-17(20)28-18)16(25)24-14(15-3-2-8-26-15)9-13(23-24)11-4-6-12(19)7-5-11/h2-8,10,14H,9H2,1H3,(H2,20,21)/t10-,14-/m0/s1. The lowest BCUT2D eigenvalue weighted by molar-refractivity contribution is -0.132. The lowest BCUT2D eigenvalue weighted by Crippen LogP contribution is -2.33. The van der Waals surface area contributed by atoms with E-state index in [0.717, 1.165) is 11.3 Å². The number of hydrogen-bond acceptors (Lipinski definition) is 8. The van der Waals surface area contributed by atoms with Gasteiger partial charge in [-0.15, -0.1) is 10.2 Å². The molecule has 28 heavy (non-hydrogen) atoms. The second-order valence-electron chi connectivity index (χ2n) is 6.14. The van der Waals surface area contributed by atoms with Crippen LogP contribution in [-0.4, -0.2) is 32.1 Å². The van der Waals surface area contributed by atoms with Crippen molar-refractivity contribution in [3.8, 4) is 0 Å². The number of hydrogen-bond donors (Lipinski definition) is 1. The summed E-state index contributed by atoms with van der Waals surface area (Å²) in [5.41, 5.74) is 7.36. The number of nitrogens with two attached hydrogens (primary N) is 1. The van der Waals surface area contributed by atoms with E-state index in [9.17, 15) is 4.79 Å². The Morgan fingerprint density at radius 2 is 2.14 bits per heavy atom. The minimum absolute atomic E-state index is 0.135. The van der Waals surface area contributed by atoms with Gasteiger partial charge in [0.25, 0.3) is 5.91 Å². The molecule has 144 valence electrons. The molecule has 3 aromatic rings. The number of amides is 1. The van der Waals surface area contributed by atoms with Crippen LogP contribution < -0.4 is 5.73 Å². The zero-order valence-electron chi connectivity index (χ0n) is 14.8. The first-order valence-electron chi connectivity index (χ1n) is 8.47. The molecule has 1 amide bonds. The van der Waals surface area contributed by atoms with Crippen molar-refractivity contribution >= 4 is 51.5 Å². The molecule has 0 saturated carbocycles. The van der Waals surface area contributed by atoms with Crippen molar-refractivity contribution in [3.05, 3.63) is 59.0 Å². The maximum absolute atomic E-state index is 13.2. The summed E-state index contributed by atoms with van der Waals surface area (Å²) in [5.74, 6) is 0.558. The van der Waals surface area contributed by atoms with Crippen LogP contribution in [0.15, 0.2) is 56.5 Å². The van der Waals surface area contributed by atoms with Gasteiger partial charge in [-0.3, -0.25) is 4.79 Å². The number of rotatable bonds is 5. The fraction of sp³-hybridized carbons (Fsp3) is 0.222. The first kappa shape index (κ1) is 19.0. The SMILES string of the molecule is C[C@H](Sc1nnc(N)s1)C(=O)N1N=C(c2ccc(Cl)cc2)C[C@H]1c1ccco1. The Bertz CT molecular complexity index is 1000. The summed E-state index contributed by atoms with van der Waals surface area (Å²) in [5, 5.41) is 14.5. The third kappa shape index (κ3) is 3.91. The van der Waals surface area contributed by atoms with Crippen LogP contribution in [0.5, 0.6) is 0 Å². The highest BCUT2D eigenvalue weighted by Crippen LogP contribution is 2.36. The molecule has 0 spiro atoms. The van der Waals surface area contributed by atoms with Gasteiger partial charge in [-0.2, -0.15) is 5.10 Å². The Morgan fingerprint density at radius 3 is 2.79 bits per heavy atom. The van der Waals surface area contributed by atoms with Crippen molar-refractivity contribution in [2.24, 2.45) is 5.10 Å². The van der Waals surface area contributed by atoms with E-state index < -0.39 is 5.25 Å². The van der Waals surface area contributed by atoms with Crippen molar-refractivity contribution in [1.29, 1.82) is 0 Å². The zero-order valence-corrected chi connectivity index (χ0v) is 17.2. The third-order valence-electron chi connectivity index (χ3n) is 4.23. The maximum Gasteiger partial charge on any atom is 0.256 e. The molecular weight excluding hydrogens is 418 g/mol. The van der Waals surface area contributed by atoms with Crippen LogP contribution in [0.4, 0.5) is 5.13 Å². The molecule has 1 aromatic carbocycles. The van der Waals surface area contributed by atoms with E-state index in [4.69, 9.17) is 21.8 Å². The Kier molecular flexibility index (Phi) is 5.38. The molecule has 3 heterocycles. The monoisotopic (exact) mass is 433 g/mol. The van der Waals surface area contributed by atoms with E-state index >= 15 is 0 Å². The van der Waals surface area contributed by atoms with Gasteiger partial charge in [0.05, 0.1) is 17.2 Å². The highest BCUT2D eigenvalue weighted by molar-refractivity contribution is 8.02. The minimum Gasteiger partial charge on any atom is -0.467 e. The van der Waals surface area contributed by atoms with E-state index in [1.807, 2.05) is 37.3 Å². The first-order valence-corrected chi connectivity index (χ1v) is 10.5. The third-order valence-corrected chi connectivity index (χ3v) is 6.41. The van der Waals surface area contributed by atoms with Crippen LogP contribution in [0.1, 0.15) is 30.7 Å². The van der Waals surface area contributed by atoms with Gasteiger partial charge in [0.15, 0.2) is 4.34 Å². The lowest BCUT2D eigenvalue weighted by Gasteiger charge is -2.22. The normalized spacial score (nSPS) is 17.6. The molecular formula is C18H16ClN5O2S2. The fourth-order valence-electron chi connectivity index (χ4n) is 2.89. The van der Waals surface area contributed by atoms with Gasteiger partial charge in [0.1, 0.15) is 11.8 Å². The summed E-state index contributed by atoms with van der Waals surface area (Å²) >= 11 is 8.55. The average Bonchev–Trinajstić information content (AvgIpc) is 3.42. The van der Waals surface area contributed by atoms with Crippen LogP contribution in [0.3, 0.4) is 0 Å². The van der Waals surface area contributed by atoms with E-state index in [1.54, 1.807) is 12.3 Å². The van der Waals surface area contributed by atoms with E-state index in [1.165, 1.54) is 28.1 Å². The number of furan rings is 1. The average molecular weight is 434 g/mol. The largest absolute Gasteiger partial charge is 0.467 e. The second kappa shape index (κ2) is 7.94. The highest BCUT2D eigenvalue weighted by Gasteiger charge is 2.37. The summed E-state index contributed by atoms with van der Waals surface area (Å²) in [7, 11) is 0. The van der Waals surface area contributed by atoms with Crippen LogP contribution in [0.25, 0.3) is 0 Å². The van der Waals surface area contributed by atoms with Crippen molar-refractivity contribution < 1.29 is 9.21 Å². The van der Waals surface area contributed by atoms with E-state index in [2.05, 4.69) is 15.3 Å². The number of hydrazone groups is 1. The molecule has 2 atom stereocenters. The van der Waals surface area contributed by atoms with E-state index in [-0.39, 0.29) is 11.9 Å². The number of halogens is 1. The summed E-state index contributed by atoms with van der Waals surface area (Å²) in [6.07, 6.45) is 2.16. The van der Waals surface area contributed by atoms with Gasteiger partial charge in [-0.25, -0.2) is 5.01 Å². The minimum atomic E-state index is -0.405. The molecule has 10 heteroatoms. The predicted molar refractivity (Wildman–Crippen MR) is 111 cm³/mol. The summed E-state index contributed by atoms with van der Waals surface area (Å²) in [4.78, 5) is 13.2. The van der Waals surface area contributed by atoms with Crippen molar-refractivity contribution in [3.63, 3.8) is 0 Å². The molecule has 0 unspecified atom stereocenters. The number of anilines is 1. The molecule has 0 fully saturated rings. The molecule has 0 aliphatic carbocycles. The van der Waals surface area contributed by atoms with Gasteiger partial charge in [-0.1, -0.05) is 46.8 Å². The van der Waals surface area contributed by atoms with Gasteiger partial charge < -0.3 is 10.2 Å². The first-order chi connectivity index (χ1) is 13.5. The maximum atomic E-state index is 13.2. The van der Waals surface area contributed by atoms with Crippen molar-refractivity contribution in [2.45, 2.75) is 29.0 Å². The molecule has 0 radical (unpaired) electrons. The van der Waals surface area contributed by atoms with Crippen LogP contribution in [0, 0.1) is 0 Å². The zero-order chi connectivity index (χ0) is 19.7. The second-order valence-corrected chi connectivity index (χ2v) is 9.17. The molecule has 2 aromatic heterocycles. The molecule has 4 rings (SSSR count). The lowest BCUT2D eigenvalue weighted by atomic mass is 10.0. The van der Waals surface area contributed by atoms with E-state index in [0.29, 0.717) is 26.7 Å². The highest BCUT2D eigenvalue weighted by atomic mass is 35.5. The Labute approximate surface area is 174 Å². The van der Waals surface area contributed by atoms with Gasteiger partial charge in [0.2, 0.25) is 5.13 Å². The number of carbonyl (C=O) groups excluding carboxylic acids is 1. The number of thioether (sulfide) groups is 1. The number of benzene rings is 1. The molecule has 1 aliphatic rings. The quantitative estimate of drug-likeness (QED) is 0.605. The fourth-order valence-corrected chi connectivity index (χ4v) is 4.84. The number of aromatic nitrogens is 2. The summed E-state index contributed by atoms with van der Waals surface area (Å²) in [6, 6.07) is 10.8. The van der Waals surface area contributed by atoms with Crippen molar-refractivity contribution in [2.75, 3.05) is 5.73 Å². The number of nitrogens with zero attached hydrogens (tertiary/aromatic N) is 4. The summed E-state index contributed by atoms with van der Waals surface area (Å²) < 4.78 is 6.22. The number of nitrogen functional groups attached to an aromatic ring is 1. The molecule has 0 bridgehead atoms. The Morgan fingerprint density at radius 1 is 1.36 bits per heavy atom. The van der Waals surface area contributed by atoms with Gasteiger partial charge >= 0.3 is 0 Å². The Balaban J connectivity index is 1.60. The Hall–Kier alpha value is -2.36. The summed E-state index contributed by atoms with van der Waals surface area (Å²) in [6.45, 7) is 1.82. The molecule has 7 nitrogen and oxygen atoms in total.